The second-order valence-corrected chi connectivity index (χ2v) is 14.3. The topological polar surface area (TPSA) is 0 Å². The van der Waals surface area contributed by atoms with Gasteiger partial charge in [0.2, 0.25) is 0 Å². The lowest BCUT2D eigenvalue weighted by Gasteiger charge is -2.45. The Hall–Kier alpha value is -0.823. The standard InChI is InChI=1S/C22H32Si/c1-15-13-17-9-5-7-11-19(17)21(15)23(3,4)22-16(2)14-18-10-6-8-12-20(18)22/h5-12,15-22H,13-14H2,1-4H3/t15-,16-,17+,18+,19+,20+,21-,22-/m1/s1. The fourth-order valence-corrected chi connectivity index (χ4v) is 13.5. The normalized spacial score (nSPS) is 47.8. The molecule has 0 radical (unpaired) electrons. The third kappa shape index (κ3) is 2.38. The molecule has 0 heterocycles. The Morgan fingerprint density at radius 2 is 1.04 bits per heavy atom. The van der Waals surface area contributed by atoms with E-state index in [1.54, 1.807) is 0 Å². The number of fused-ring (bicyclic) bond motifs is 2. The predicted molar refractivity (Wildman–Crippen MR) is 103 cm³/mol. The summed E-state index contributed by atoms with van der Waals surface area (Å²) in [5, 5.41) is 0. The van der Waals surface area contributed by atoms with Crippen LogP contribution in [0.4, 0.5) is 0 Å². The van der Waals surface area contributed by atoms with E-state index in [1.165, 1.54) is 12.8 Å². The molecule has 0 aliphatic heterocycles. The molecule has 0 aromatic rings. The van der Waals surface area contributed by atoms with Gasteiger partial charge in [0.15, 0.2) is 0 Å². The quantitative estimate of drug-likeness (QED) is 0.528. The summed E-state index contributed by atoms with van der Waals surface area (Å²) >= 11 is 0. The highest BCUT2D eigenvalue weighted by molar-refractivity contribution is 6.80. The van der Waals surface area contributed by atoms with Gasteiger partial charge in [-0.1, -0.05) is 75.5 Å². The summed E-state index contributed by atoms with van der Waals surface area (Å²) in [5.74, 6) is 5.08. The zero-order valence-electron chi connectivity index (χ0n) is 15.2. The minimum Gasteiger partial charge on any atom is -0.0808 e. The lowest BCUT2D eigenvalue weighted by Crippen LogP contribution is -2.45. The van der Waals surface area contributed by atoms with Gasteiger partial charge in [-0.2, -0.15) is 0 Å². The Kier molecular flexibility index (Phi) is 3.83. The van der Waals surface area contributed by atoms with Crippen LogP contribution in [-0.4, -0.2) is 8.07 Å². The summed E-state index contributed by atoms with van der Waals surface area (Å²) in [6.07, 6.45) is 22.1. The maximum absolute atomic E-state index is 2.73. The van der Waals surface area contributed by atoms with Gasteiger partial charge in [-0.05, 0) is 59.4 Å². The van der Waals surface area contributed by atoms with E-state index in [0.29, 0.717) is 0 Å². The van der Waals surface area contributed by atoms with Crippen LogP contribution in [0.1, 0.15) is 26.7 Å². The summed E-state index contributed by atoms with van der Waals surface area (Å²) in [7, 11) is -1.35. The second-order valence-electron chi connectivity index (χ2n) is 9.32. The molecule has 124 valence electrons. The van der Waals surface area contributed by atoms with Gasteiger partial charge in [0.25, 0.3) is 0 Å². The van der Waals surface area contributed by atoms with Gasteiger partial charge >= 0.3 is 0 Å². The van der Waals surface area contributed by atoms with E-state index in [4.69, 9.17) is 0 Å². The first-order chi connectivity index (χ1) is 11.0. The van der Waals surface area contributed by atoms with Crippen molar-refractivity contribution in [2.24, 2.45) is 35.5 Å². The predicted octanol–water partition coefficient (Wildman–Crippen LogP) is 6.23. The molecule has 0 nitrogen and oxygen atoms in total. The third-order valence-corrected chi connectivity index (χ3v) is 13.0. The van der Waals surface area contributed by atoms with Gasteiger partial charge < -0.3 is 0 Å². The van der Waals surface area contributed by atoms with E-state index in [-0.39, 0.29) is 0 Å². The monoisotopic (exact) mass is 324 g/mol. The van der Waals surface area contributed by atoms with Crippen molar-refractivity contribution in [1.29, 1.82) is 0 Å². The zero-order chi connectivity index (χ0) is 16.2. The van der Waals surface area contributed by atoms with Gasteiger partial charge in [0.05, 0.1) is 8.07 Å². The fourth-order valence-electron chi connectivity index (χ4n) is 7.18. The van der Waals surface area contributed by atoms with Crippen molar-refractivity contribution < 1.29 is 0 Å². The molecule has 0 bridgehead atoms. The zero-order valence-corrected chi connectivity index (χ0v) is 16.2. The molecule has 1 heteroatoms. The molecule has 8 atom stereocenters. The molecule has 0 N–H and O–H groups in total. The molecule has 0 spiro atoms. The van der Waals surface area contributed by atoms with Crippen molar-refractivity contribution in [2.45, 2.75) is 50.9 Å². The SMILES string of the molecule is C[C@@H]1C[C@@H]2C=CC=C[C@@H]2[C@@H]1[Si](C)(C)[C@H]1[C@H]2C=CC=C[C@H]2C[C@H]1C. The van der Waals surface area contributed by atoms with E-state index in [2.05, 4.69) is 75.5 Å². The van der Waals surface area contributed by atoms with Crippen molar-refractivity contribution in [3.63, 3.8) is 0 Å². The minimum atomic E-state index is -1.35. The van der Waals surface area contributed by atoms with Gasteiger partial charge in [0.1, 0.15) is 0 Å². The van der Waals surface area contributed by atoms with Crippen molar-refractivity contribution >= 4 is 8.07 Å². The maximum Gasteiger partial charge on any atom is 0.0553 e. The highest BCUT2D eigenvalue weighted by atomic mass is 28.3. The lowest BCUT2D eigenvalue weighted by atomic mass is 9.91. The summed E-state index contributed by atoms with van der Waals surface area (Å²) in [5.41, 5.74) is 1.92. The van der Waals surface area contributed by atoms with E-state index >= 15 is 0 Å². The van der Waals surface area contributed by atoms with E-state index < -0.39 is 8.07 Å². The van der Waals surface area contributed by atoms with Crippen LogP contribution >= 0.6 is 0 Å². The highest BCUT2D eigenvalue weighted by Crippen LogP contribution is 2.62. The first-order valence-electron chi connectivity index (χ1n) is 9.70. The van der Waals surface area contributed by atoms with Crippen molar-refractivity contribution in [1.82, 2.24) is 0 Å². The Morgan fingerprint density at radius 3 is 1.48 bits per heavy atom. The molecule has 23 heavy (non-hydrogen) atoms. The van der Waals surface area contributed by atoms with Crippen LogP contribution < -0.4 is 0 Å². The van der Waals surface area contributed by atoms with Crippen LogP contribution in [0.15, 0.2) is 48.6 Å². The molecular weight excluding hydrogens is 292 g/mol. The molecule has 0 aromatic carbocycles. The molecule has 4 rings (SSSR count). The van der Waals surface area contributed by atoms with Crippen molar-refractivity contribution in [2.75, 3.05) is 0 Å². The van der Waals surface area contributed by atoms with Gasteiger partial charge in [-0.15, -0.1) is 0 Å². The lowest BCUT2D eigenvalue weighted by molar-refractivity contribution is 0.491. The van der Waals surface area contributed by atoms with Crippen LogP contribution in [0, 0.1) is 35.5 Å². The average molecular weight is 325 g/mol. The molecule has 2 saturated carbocycles. The van der Waals surface area contributed by atoms with Crippen molar-refractivity contribution in [3.8, 4) is 0 Å². The van der Waals surface area contributed by atoms with Crippen LogP contribution in [-0.2, 0) is 0 Å². The van der Waals surface area contributed by atoms with Gasteiger partial charge in [-0.3, -0.25) is 0 Å². The molecule has 0 amide bonds. The van der Waals surface area contributed by atoms with Crippen LogP contribution in [0.25, 0.3) is 0 Å². The summed E-state index contributed by atoms with van der Waals surface area (Å²) in [6.45, 7) is 10.6. The summed E-state index contributed by atoms with van der Waals surface area (Å²) in [4.78, 5) is 0. The second kappa shape index (κ2) is 5.62. The maximum atomic E-state index is 2.73. The number of hydrogen-bond acceptors (Lipinski definition) is 0. The number of hydrogen-bond donors (Lipinski definition) is 0. The first-order valence-corrected chi connectivity index (χ1v) is 12.9. The molecule has 2 fully saturated rings. The Labute approximate surface area is 143 Å². The Bertz CT molecular complexity index is 529. The molecule has 0 unspecified atom stereocenters. The van der Waals surface area contributed by atoms with Crippen LogP contribution in [0.3, 0.4) is 0 Å². The van der Waals surface area contributed by atoms with E-state index in [9.17, 15) is 0 Å². The first kappa shape index (κ1) is 15.7. The van der Waals surface area contributed by atoms with Crippen molar-refractivity contribution in [3.05, 3.63) is 48.6 Å². The molecule has 0 aromatic heterocycles. The largest absolute Gasteiger partial charge is 0.0808 e. The van der Waals surface area contributed by atoms with E-state index in [0.717, 1.165) is 46.6 Å². The molecule has 4 aliphatic carbocycles. The summed E-state index contributed by atoms with van der Waals surface area (Å²) < 4.78 is 0. The Morgan fingerprint density at radius 1 is 0.652 bits per heavy atom. The summed E-state index contributed by atoms with van der Waals surface area (Å²) in [6, 6.07) is 0. The van der Waals surface area contributed by atoms with Crippen LogP contribution in [0.2, 0.25) is 24.2 Å². The minimum absolute atomic E-state index is 0.820. The van der Waals surface area contributed by atoms with E-state index in [1.807, 2.05) is 0 Å². The fraction of sp³-hybridized carbons (Fsp3) is 0.636. The van der Waals surface area contributed by atoms with Crippen LogP contribution in [0.5, 0.6) is 0 Å². The van der Waals surface area contributed by atoms with Gasteiger partial charge in [0, 0.05) is 0 Å². The van der Waals surface area contributed by atoms with Gasteiger partial charge in [-0.25, -0.2) is 0 Å². The number of allylic oxidation sites excluding steroid dienone is 8. The molecule has 0 saturated heterocycles. The average Bonchev–Trinajstić information content (AvgIpc) is 3.02. The highest BCUT2D eigenvalue weighted by Gasteiger charge is 2.56. The third-order valence-electron chi connectivity index (χ3n) is 7.66. The Balaban J connectivity index is 1.67. The molecular formula is C22H32Si. The smallest absolute Gasteiger partial charge is 0.0553 e. The molecule has 4 aliphatic rings. The number of rotatable bonds is 2.